The lowest BCUT2D eigenvalue weighted by Gasteiger charge is -2.38. The topological polar surface area (TPSA) is 86.9 Å². The number of benzene rings is 2. The normalized spacial score (nSPS) is 14.8. The smallest absolute Gasteiger partial charge is 0.170 e. The molecule has 0 amide bonds. The van der Waals surface area contributed by atoms with Crippen LogP contribution in [0.1, 0.15) is 30.7 Å². The summed E-state index contributed by atoms with van der Waals surface area (Å²) in [7, 11) is 0. The zero-order chi connectivity index (χ0) is 24.1. The number of nitrogens with zero attached hydrogens (tertiary/aromatic N) is 6. The lowest BCUT2D eigenvalue weighted by atomic mass is 9.72. The summed E-state index contributed by atoms with van der Waals surface area (Å²) in [5.74, 6) is 0.822. The molecule has 4 heterocycles. The molecule has 0 atom stereocenters. The van der Waals surface area contributed by atoms with Gasteiger partial charge < -0.3 is 5.73 Å². The van der Waals surface area contributed by atoms with Gasteiger partial charge >= 0.3 is 0 Å². The average Bonchev–Trinajstić information content (AvgIpc) is 3.58. The Morgan fingerprint density at radius 3 is 2.42 bits per heavy atom. The molecule has 6 aromatic rings. The van der Waals surface area contributed by atoms with Crippen LogP contribution in [0.4, 0.5) is 0 Å². The van der Waals surface area contributed by atoms with E-state index in [9.17, 15) is 0 Å². The van der Waals surface area contributed by atoms with Crippen LogP contribution in [-0.2, 0) is 12.1 Å². The Morgan fingerprint density at radius 2 is 1.69 bits per heavy atom. The van der Waals surface area contributed by atoms with Crippen molar-refractivity contribution in [2.45, 2.75) is 31.3 Å². The Bertz CT molecular complexity index is 1680. The minimum atomic E-state index is -0.176. The number of nitrogens with two attached hydrogens (primary N) is 1. The van der Waals surface area contributed by atoms with Gasteiger partial charge in [0.05, 0.1) is 11.2 Å². The van der Waals surface area contributed by atoms with E-state index in [1.165, 1.54) is 12.0 Å². The summed E-state index contributed by atoms with van der Waals surface area (Å²) >= 11 is 0. The average molecular weight is 472 g/mol. The first kappa shape index (κ1) is 21.0. The van der Waals surface area contributed by atoms with Crippen LogP contribution < -0.4 is 5.73 Å². The molecule has 7 heteroatoms. The third-order valence-corrected chi connectivity index (χ3v) is 7.37. The third kappa shape index (κ3) is 3.39. The van der Waals surface area contributed by atoms with Crippen molar-refractivity contribution in [1.29, 1.82) is 0 Å². The van der Waals surface area contributed by atoms with E-state index in [2.05, 4.69) is 69.9 Å². The summed E-state index contributed by atoms with van der Waals surface area (Å²) in [5.41, 5.74) is 13.5. The summed E-state index contributed by atoms with van der Waals surface area (Å²) in [5, 5.41) is 14.3. The highest BCUT2D eigenvalue weighted by Crippen LogP contribution is 2.40. The second-order valence-electron chi connectivity index (χ2n) is 9.60. The molecule has 1 saturated carbocycles. The Balaban J connectivity index is 1.39. The van der Waals surface area contributed by atoms with Gasteiger partial charge in [0.1, 0.15) is 6.54 Å². The Hall–Kier alpha value is -4.36. The molecule has 2 N–H and O–H groups in total. The van der Waals surface area contributed by atoms with E-state index in [0.29, 0.717) is 6.54 Å². The van der Waals surface area contributed by atoms with Crippen LogP contribution in [0.5, 0.6) is 0 Å². The number of fused-ring (bicyclic) bond motifs is 3. The largest absolute Gasteiger partial charge is 0.321 e. The molecule has 0 bridgehead atoms. The van der Waals surface area contributed by atoms with E-state index in [0.717, 1.165) is 57.6 Å². The van der Waals surface area contributed by atoms with E-state index in [1.54, 1.807) is 6.20 Å². The minimum Gasteiger partial charge on any atom is -0.321 e. The quantitative estimate of drug-likeness (QED) is 0.374. The van der Waals surface area contributed by atoms with E-state index in [1.807, 2.05) is 39.7 Å². The number of pyridine rings is 2. The predicted octanol–water partition coefficient (Wildman–Crippen LogP) is 5.19. The van der Waals surface area contributed by atoms with Gasteiger partial charge in [-0.25, -0.2) is 4.98 Å². The lowest BCUT2D eigenvalue weighted by Crippen LogP contribution is -2.43. The highest BCUT2D eigenvalue weighted by atomic mass is 15.3. The van der Waals surface area contributed by atoms with E-state index in [4.69, 9.17) is 10.7 Å². The van der Waals surface area contributed by atoms with E-state index >= 15 is 0 Å². The first-order chi connectivity index (χ1) is 17.7. The molecule has 2 aromatic carbocycles. The Labute approximate surface area is 208 Å². The number of aromatic nitrogens is 6. The van der Waals surface area contributed by atoms with Gasteiger partial charge in [-0.05, 0) is 48.6 Å². The molecule has 36 heavy (non-hydrogen) atoms. The fraction of sp³-hybridized carbons (Fsp3) is 0.172. The van der Waals surface area contributed by atoms with Crippen molar-refractivity contribution in [1.82, 2.24) is 29.4 Å². The molecule has 1 aliphatic carbocycles. The van der Waals surface area contributed by atoms with Crippen LogP contribution in [0.25, 0.3) is 38.9 Å². The van der Waals surface area contributed by atoms with Gasteiger partial charge in [-0.15, -0.1) is 10.2 Å². The molecule has 1 fully saturated rings. The van der Waals surface area contributed by atoms with E-state index in [-0.39, 0.29) is 5.54 Å². The third-order valence-electron chi connectivity index (χ3n) is 7.37. The van der Waals surface area contributed by atoms with Gasteiger partial charge in [-0.2, -0.15) is 5.10 Å². The molecule has 7 rings (SSSR count). The van der Waals surface area contributed by atoms with Crippen molar-refractivity contribution in [3.63, 3.8) is 0 Å². The fourth-order valence-corrected chi connectivity index (χ4v) is 5.15. The van der Waals surface area contributed by atoms with Gasteiger partial charge in [0.25, 0.3) is 0 Å². The van der Waals surface area contributed by atoms with Gasteiger partial charge in [0.2, 0.25) is 0 Å². The zero-order valence-electron chi connectivity index (χ0n) is 19.7. The fourth-order valence-electron chi connectivity index (χ4n) is 5.15. The second kappa shape index (κ2) is 8.10. The van der Waals surface area contributed by atoms with Gasteiger partial charge in [0.15, 0.2) is 11.5 Å². The first-order valence-corrected chi connectivity index (χ1v) is 12.3. The molecule has 1 aliphatic rings. The standard InChI is InChI=1S/C29H25N7/c30-29(13-4-14-29)22-10-8-21(9-11-22)27-23(20-6-2-1-3-7-20)18-24-25(32-27)12-17-36-26(33-34-28(24)36)19-35-16-5-15-31-35/h1-3,5-12,15-18H,4,13-14,19,30H2. The van der Waals surface area contributed by atoms with Gasteiger partial charge in [-0.1, -0.05) is 54.6 Å². The van der Waals surface area contributed by atoms with Crippen LogP contribution in [0.3, 0.4) is 0 Å². The van der Waals surface area contributed by atoms with E-state index < -0.39 is 0 Å². The van der Waals surface area contributed by atoms with Crippen LogP contribution >= 0.6 is 0 Å². The van der Waals surface area contributed by atoms with Crippen molar-refractivity contribution in [2.75, 3.05) is 0 Å². The maximum atomic E-state index is 6.57. The van der Waals surface area contributed by atoms with Crippen molar-refractivity contribution < 1.29 is 0 Å². The lowest BCUT2D eigenvalue weighted by molar-refractivity contribution is 0.253. The molecular formula is C29H25N7. The molecule has 0 aliphatic heterocycles. The number of hydrogen-bond acceptors (Lipinski definition) is 5. The summed E-state index contributed by atoms with van der Waals surface area (Å²) < 4.78 is 3.87. The molecule has 0 saturated heterocycles. The molecule has 176 valence electrons. The van der Waals surface area contributed by atoms with Crippen LogP contribution in [0.2, 0.25) is 0 Å². The highest BCUT2D eigenvalue weighted by Gasteiger charge is 2.34. The first-order valence-electron chi connectivity index (χ1n) is 12.3. The summed E-state index contributed by atoms with van der Waals surface area (Å²) in [4.78, 5) is 5.15. The maximum Gasteiger partial charge on any atom is 0.170 e. The minimum absolute atomic E-state index is 0.176. The number of rotatable bonds is 5. The zero-order valence-corrected chi connectivity index (χ0v) is 19.7. The summed E-state index contributed by atoms with van der Waals surface area (Å²) in [6, 6.07) is 25.2. The van der Waals surface area contributed by atoms with Crippen molar-refractivity contribution >= 4 is 16.6 Å². The van der Waals surface area contributed by atoms with Gasteiger partial charge in [-0.3, -0.25) is 9.08 Å². The molecule has 0 radical (unpaired) electrons. The van der Waals surface area contributed by atoms with Crippen molar-refractivity contribution in [2.24, 2.45) is 5.73 Å². The maximum absolute atomic E-state index is 6.57. The molecular weight excluding hydrogens is 446 g/mol. The monoisotopic (exact) mass is 471 g/mol. The van der Waals surface area contributed by atoms with Gasteiger partial charge in [0, 0.05) is 40.6 Å². The Morgan fingerprint density at radius 1 is 0.861 bits per heavy atom. The van der Waals surface area contributed by atoms with Crippen molar-refractivity contribution in [3.8, 4) is 22.4 Å². The predicted molar refractivity (Wildman–Crippen MR) is 140 cm³/mol. The molecule has 4 aromatic heterocycles. The number of hydrogen-bond donors (Lipinski definition) is 1. The summed E-state index contributed by atoms with van der Waals surface area (Å²) in [6.45, 7) is 0.547. The van der Waals surface area contributed by atoms with Crippen molar-refractivity contribution in [3.05, 3.63) is 103 Å². The van der Waals surface area contributed by atoms with Crippen LogP contribution in [-0.4, -0.2) is 29.4 Å². The molecule has 7 nitrogen and oxygen atoms in total. The highest BCUT2D eigenvalue weighted by molar-refractivity contribution is 5.98. The SMILES string of the molecule is NC1(c2ccc(-c3nc4ccn5c(Cn6cccn6)nnc5c4cc3-c3ccccc3)cc2)CCC1. The summed E-state index contributed by atoms with van der Waals surface area (Å²) in [6.07, 6.45) is 8.98. The van der Waals surface area contributed by atoms with Crippen LogP contribution in [0, 0.1) is 0 Å². The Kier molecular flexibility index (Phi) is 4.72. The second-order valence-corrected chi connectivity index (χ2v) is 9.60. The van der Waals surface area contributed by atoms with Crippen LogP contribution in [0.15, 0.2) is 91.4 Å². The molecule has 0 spiro atoms. The molecule has 0 unspecified atom stereocenters.